The number of amides is 1. The number of ether oxygens (including phenoxy) is 1. The van der Waals surface area contributed by atoms with Gasteiger partial charge in [-0.25, -0.2) is 8.42 Å². The predicted molar refractivity (Wildman–Crippen MR) is 128 cm³/mol. The Morgan fingerprint density at radius 1 is 0.938 bits per heavy atom. The molecule has 3 aromatic carbocycles. The third-order valence-corrected chi connectivity index (χ3v) is 6.27. The van der Waals surface area contributed by atoms with Crippen LogP contribution in [0, 0.1) is 13.8 Å². The first-order chi connectivity index (χ1) is 15.2. The van der Waals surface area contributed by atoms with Crippen LogP contribution in [0.25, 0.3) is 0 Å². The van der Waals surface area contributed by atoms with Crippen molar-refractivity contribution in [3.63, 3.8) is 0 Å². The molecular weight excluding hydrogens is 424 g/mol. The number of carbonyl (C=O) groups excluding carboxylic acids is 1. The number of nitrogens with zero attached hydrogens (tertiary/aromatic N) is 1. The van der Waals surface area contributed by atoms with E-state index in [0.29, 0.717) is 11.4 Å². The van der Waals surface area contributed by atoms with Crippen molar-refractivity contribution in [2.45, 2.75) is 19.9 Å². The summed E-state index contributed by atoms with van der Waals surface area (Å²) in [6.45, 7) is 3.49. The highest BCUT2D eigenvalue weighted by Gasteiger charge is 2.26. The SMILES string of the molecule is COc1ccc(C)cc1N(CC(=O)NC(c1ccccc1)c1ccc(C)cc1)S(C)(=O)=O. The topological polar surface area (TPSA) is 75.7 Å². The lowest BCUT2D eigenvalue weighted by molar-refractivity contribution is -0.120. The minimum absolute atomic E-state index is 0.330. The standard InChI is InChI=1S/C25H28N2O4S/c1-18-10-13-21(14-11-18)25(20-8-6-5-7-9-20)26-24(28)17-27(32(4,29)30)22-16-19(2)12-15-23(22)31-3/h5-16,25H,17H2,1-4H3,(H,26,28). The van der Waals surface area contributed by atoms with Gasteiger partial charge in [0, 0.05) is 0 Å². The molecule has 168 valence electrons. The highest BCUT2D eigenvalue weighted by atomic mass is 32.2. The highest BCUT2D eigenvalue weighted by molar-refractivity contribution is 7.92. The van der Waals surface area contributed by atoms with Gasteiger partial charge < -0.3 is 10.1 Å². The Morgan fingerprint density at radius 3 is 2.12 bits per heavy atom. The Hall–Kier alpha value is -3.32. The molecule has 32 heavy (non-hydrogen) atoms. The van der Waals surface area contributed by atoms with Crippen LogP contribution in [-0.4, -0.2) is 34.2 Å². The van der Waals surface area contributed by atoms with Gasteiger partial charge in [0.1, 0.15) is 12.3 Å². The summed E-state index contributed by atoms with van der Waals surface area (Å²) in [6.07, 6.45) is 1.08. The second-order valence-electron chi connectivity index (χ2n) is 7.77. The lowest BCUT2D eigenvalue weighted by Gasteiger charge is -2.26. The molecule has 0 spiro atoms. The van der Waals surface area contributed by atoms with Gasteiger partial charge in [0.2, 0.25) is 15.9 Å². The molecule has 0 heterocycles. The van der Waals surface area contributed by atoms with Crippen molar-refractivity contribution in [2.75, 3.05) is 24.2 Å². The van der Waals surface area contributed by atoms with Crippen molar-refractivity contribution in [3.05, 3.63) is 95.1 Å². The molecule has 3 rings (SSSR count). The molecule has 0 saturated carbocycles. The molecule has 1 unspecified atom stereocenters. The molecule has 7 heteroatoms. The quantitative estimate of drug-likeness (QED) is 0.561. The summed E-state index contributed by atoms with van der Waals surface area (Å²) in [5, 5.41) is 3.01. The molecule has 0 saturated heterocycles. The zero-order valence-corrected chi connectivity index (χ0v) is 19.5. The average molecular weight is 453 g/mol. The Morgan fingerprint density at radius 2 is 1.53 bits per heavy atom. The molecule has 1 N–H and O–H groups in total. The van der Waals surface area contributed by atoms with Gasteiger partial charge in [-0.3, -0.25) is 9.10 Å². The third-order valence-electron chi connectivity index (χ3n) is 5.14. The van der Waals surface area contributed by atoms with Gasteiger partial charge in [-0.2, -0.15) is 0 Å². The molecule has 0 aromatic heterocycles. The van der Waals surface area contributed by atoms with Gasteiger partial charge in [0.05, 0.1) is 25.1 Å². The van der Waals surface area contributed by atoms with Crippen LogP contribution >= 0.6 is 0 Å². The lowest BCUT2D eigenvalue weighted by Crippen LogP contribution is -2.42. The van der Waals surface area contributed by atoms with Crippen molar-refractivity contribution in [2.24, 2.45) is 0 Å². The number of sulfonamides is 1. The molecule has 3 aromatic rings. The Kier molecular flexibility index (Phi) is 7.20. The summed E-state index contributed by atoms with van der Waals surface area (Å²) in [4.78, 5) is 13.1. The van der Waals surface area contributed by atoms with Crippen LogP contribution in [0.2, 0.25) is 0 Å². The number of hydrogen-bond acceptors (Lipinski definition) is 4. The summed E-state index contributed by atoms with van der Waals surface area (Å²) in [6, 6.07) is 22.3. The van der Waals surface area contributed by atoms with Crippen LogP contribution in [0.3, 0.4) is 0 Å². The van der Waals surface area contributed by atoms with E-state index in [1.54, 1.807) is 12.1 Å². The second kappa shape index (κ2) is 9.87. The number of carbonyl (C=O) groups is 1. The van der Waals surface area contributed by atoms with E-state index in [1.807, 2.05) is 74.5 Å². The van der Waals surface area contributed by atoms with E-state index >= 15 is 0 Å². The van der Waals surface area contributed by atoms with Crippen LogP contribution in [0.15, 0.2) is 72.8 Å². The fraction of sp³-hybridized carbons (Fsp3) is 0.240. The highest BCUT2D eigenvalue weighted by Crippen LogP contribution is 2.31. The van der Waals surface area contributed by atoms with Crippen LogP contribution in [0.1, 0.15) is 28.3 Å². The molecule has 0 aliphatic carbocycles. The first-order valence-electron chi connectivity index (χ1n) is 10.2. The van der Waals surface area contributed by atoms with Crippen LogP contribution in [-0.2, 0) is 14.8 Å². The summed E-state index contributed by atoms with van der Waals surface area (Å²) in [5.41, 5.74) is 4.12. The largest absolute Gasteiger partial charge is 0.495 e. The van der Waals surface area contributed by atoms with E-state index in [2.05, 4.69) is 5.32 Å². The molecular formula is C25H28N2O4S. The molecule has 0 bridgehead atoms. The van der Waals surface area contributed by atoms with Crippen LogP contribution < -0.4 is 14.4 Å². The third kappa shape index (κ3) is 5.68. The second-order valence-corrected chi connectivity index (χ2v) is 9.67. The van der Waals surface area contributed by atoms with Gasteiger partial charge in [0.25, 0.3) is 0 Å². The first-order valence-corrected chi connectivity index (χ1v) is 12.1. The van der Waals surface area contributed by atoms with Gasteiger partial charge in [-0.1, -0.05) is 66.2 Å². The van der Waals surface area contributed by atoms with E-state index < -0.39 is 22.0 Å². The smallest absolute Gasteiger partial charge is 0.241 e. The number of benzene rings is 3. The normalized spacial score (nSPS) is 12.1. The van der Waals surface area contributed by atoms with Gasteiger partial charge in [-0.05, 0) is 42.7 Å². The van der Waals surface area contributed by atoms with E-state index in [1.165, 1.54) is 7.11 Å². The van der Waals surface area contributed by atoms with Crippen molar-refractivity contribution in [1.82, 2.24) is 5.32 Å². The Bertz CT molecular complexity index is 1180. The molecule has 0 fully saturated rings. The van der Waals surface area contributed by atoms with Gasteiger partial charge in [-0.15, -0.1) is 0 Å². The minimum Gasteiger partial charge on any atom is -0.495 e. The van der Waals surface area contributed by atoms with E-state index in [4.69, 9.17) is 4.74 Å². The number of aryl methyl sites for hydroxylation is 2. The summed E-state index contributed by atoms with van der Waals surface area (Å²) >= 11 is 0. The van der Waals surface area contributed by atoms with E-state index in [9.17, 15) is 13.2 Å². The fourth-order valence-electron chi connectivity index (χ4n) is 3.48. The molecule has 0 aliphatic rings. The first kappa shape index (κ1) is 23.3. The van der Waals surface area contributed by atoms with Crippen molar-refractivity contribution < 1.29 is 17.9 Å². The minimum atomic E-state index is -3.74. The number of rotatable bonds is 8. The van der Waals surface area contributed by atoms with E-state index in [0.717, 1.165) is 32.8 Å². The maximum absolute atomic E-state index is 13.1. The van der Waals surface area contributed by atoms with Gasteiger partial charge in [0.15, 0.2) is 0 Å². The number of anilines is 1. The van der Waals surface area contributed by atoms with Crippen molar-refractivity contribution in [1.29, 1.82) is 0 Å². The Balaban J connectivity index is 1.93. The lowest BCUT2D eigenvalue weighted by atomic mass is 9.98. The van der Waals surface area contributed by atoms with Crippen molar-refractivity contribution in [3.8, 4) is 5.75 Å². The average Bonchev–Trinajstić information content (AvgIpc) is 2.76. The molecule has 1 amide bonds. The van der Waals surface area contributed by atoms with Crippen molar-refractivity contribution >= 4 is 21.6 Å². The molecule has 6 nitrogen and oxygen atoms in total. The molecule has 0 aliphatic heterocycles. The number of methoxy groups -OCH3 is 1. The van der Waals surface area contributed by atoms with Crippen LogP contribution in [0.4, 0.5) is 5.69 Å². The zero-order valence-electron chi connectivity index (χ0n) is 18.7. The maximum Gasteiger partial charge on any atom is 0.241 e. The zero-order chi connectivity index (χ0) is 23.3. The van der Waals surface area contributed by atoms with E-state index in [-0.39, 0.29) is 6.54 Å². The monoisotopic (exact) mass is 452 g/mol. The summed E-state index contributed by atoms with van der Waals surface area (Å²) in [5.74, 6) is -0.0413. The van der Waals surface area contributed by atoms with Crippen LogP contribution in [0.5, 0.6) is 5.75 Å². The molecule has 1 atom stereocenters. The summed E-state index contributed by atoms with van der Waals surface area (Å²) in [7, 11) is -2.27. The Labute approximate surface area is 189 Å². The maximum atomic E-state index is 13.1. The number of nitrogens with one attached hydrogen (secondary N) is 1. The predicted octanol–water partition coefficient (Wildman–Crippen LogP) is 3.98. The molecule has 0 radical (unpaired) electrons. The van der Waals surface area contributed by atoms with Gasteiger partial charge >= 0.3 is 0 Å². The fourth-order valence-corrected chi connectivity index (χ4v) is 4.33. The number of hydrogen-bond donors (Lipinski definition) is 1. The summed E-state index contributed by atoms with van der Waals surface area (Å²) < 4.78 is 31.6.